The summed E-state index contributed by atoms with van der Waals surface area (Å²) in [5, 5.41) is 8.23. The zero-order chi connectivity index (χ0) is 17.1. The van der Waals surface area contributed by atoms with Gasteiger partial charge in [-0.2, -0.15) is 0 Å². The van der Waals surface area contributed by atoms with Gasteiger partial charge in [-0.25, -0.2) is 4.79 Å². The van der Waals surface area contributed by atoms with Gasteiger partial charge in [-0.3, -0.25) is 0 Å². The fraction of sp³-hybridized carbons (Fsp3) is 0.118. The Morgan fingerprint density at radius 2 is 1.96 bits per heavy atom. The maximum Gasteiger partial charge on any atom is 0.340 e. The molecule has 0 N–H and O–H groups in total. The Morgan fingerprint density at radius 3 is 2.71 bits per heavy atom. The molecular formula is C17H12BrClN2O3. The van der Waals surface area contributed by atoms with Crippen molar-refractivity contribution in [2.24, 2.45) is 0 Å². The second kappa shape index (κ2) is 7.15. The molecule has 0 aliphatic carbocycles. The number of nitrogens with zero attached hydrogens (tertiary/aromatic N) is 2. The molecule has 3 rings (SSSR count). The van der Waals surface area contributed by atoms with Crippen LogP contribution in [0.2, 0.25) is 5.02 Å². The molecule has 7 heteroatoms. The largest absolute Gasteiger partial charge is 0.449 e. The topological polar surface area (TPSA) is 65.2 Å². The maximum absolute atomic E-state index is 12.3. The van der Waals surface area contributed by atoms with Crippen molar-refractivity contribution in [2.45, 2.75) is 13.0 Å². The molecule has 122 valence electrons. The van der Waals surface area contributed by atoms with E-state index < -0.39 is 12.1 Å². The molecule has 0 aliphatic rings. The Labute approximate surface area is 151 Å². The highest BCUT2D eigenvalue weighted by atomic mass is 79.9. The first-order valence-electron chi connectivity index (χ1n) is 7.09. The van der Waals surface area contributed by atoms with E-state index in [1.165, 1.54) is 0 Å². The van der Waals surface area contributed by atoms with Crippen molar-refractivity contribution < 1.29 is 13.9 Å². The van der Waals surface area contributed by atoms with Crippen LogP contribution >= 0.6 is 27.5 Å². The Bertz CT molecular complexity index is 867. The van der Waals surface area contributed by atoms with Crippen molar-refractivity contribution >= 4 is 33.5 Å². The fourth-order valence-electron chi connectivity index (χ4n) is 2.02. The molecule has 5 nitrogen and oxygen atoms in total. The minimum atomic E-state index is -0.697. The van der Waals surface area contributed by atoms with Crippen LogP contribution in [-0.4, -0.2) is 16.2 Å². The number of ether oxygens (including phenoxy) is 1. The van der Waals surface area contributed by atoms with Crippen LogP contribution in [0.15, 0.2) is 57.4 Å². The third-order valence-electron chi connectivity index (χ3n) is 3.24. The molecule has 0 spiro atoms. The van der Waals surface area contributed by atoms with Gasteiger partial charge in [-0.05, 0) is 37.3 Å². The van der Waals surface area contributed by atoms with Gasteiger partial charge < -0.3 is 9.15 Å². The summed E-state index contributed by atoms with van der Waals surface area (Å²) in [6.07, 6.45) is -0.697. The zero-order valence-electron chi connectivity index (χ0n) is 12.6. The summed E-state index contributed by atoms with van der Waals surface area (Å²) in [6.45, 7) is 1.66. The van der Waals surface area contributed by atoms with Crippen LogP contribution in [0.4, 0.5) is 0 Å². The van der Waals surface area contributed by atoms with E-state index >= 15 is 0 Å². The van der Waals surface area contributed by atoms with E-state index in [1.54, 1.807) is 25.1 Å². The average molecular weight is 408 g/mol. The van der Waals surface area contributed by atoms with E-state index in [1.807, 2.05) is 30.3 Å². The number of benzene rings is 2. The summed E-state index contributed by atoms with van der Waals surface area (Å²) < 4.78 is 11.7. The maximum atomic E-state index is 12.3. The van der Waals surface area contributed by atoms with Gasteiger partial charge in [0.15, 0.2) is 6.10 Å². The highest BCUT2D eigenvalue weighted by molar-refractivity contribution is 9.10. The Morgan fingerprint density at radius 1 is 1.21 bits per heavy atom. The van der Waals surface area contributed by atoms with Crippen molar-refractivity contribution in [1.29, 1.82) is 0 Å². The molecule has 0 amide bonds. The molecule has 1 aromatic heterocycles. The molecule has 0 aliphatic heterocycles. The van der Waals surface area contributed by atoms with Gasteiger partial charge >= 0.3 is 5.97 Å². The van der Waals surface area contributed by atoms with E-state index in [-0.39, 0.29) is 11.5 Å². The van der Waals surface area contributed by atoms with Crippen LogP contribution in [0.5, 0.6) is 0 Å². The first kappa shape index (κ1) is 16.7. The summed E-state index contributed by atoms with van der Waals surface area (Å²) in [6, 6.07) is 14.3. The SMILES string of the molecule is C[C@H](OC(=O)c1cc(Br)ccc1Cl)c1nnc(-c2ccccc2)o1. The third kappa shape index (κ3) is 3.66. The summed E-state index contributed by atoms with van der Waals surface area (Å²) in [5.41, 5.74) is 1.06. The molecule has 2 aromatic carbocycles. The molecule has 0 radical (unpaired) electrons. The van der Waals surface area contributed by atoms with Gasteiger partial charge in [0, 0.05) is 10.0 Å². The third-order valence-corrected chi connectivity index (χ3v) is 4.06. The normalized spacial score (nSPS) is 12.0. The van der Waals surface area contributed by atoms with Crippen LogP contribution < -0.4 is 0 Å². The molecule has 3 aromatic rings. The van der Waals surface area contributed by atoms with Gasteiger partial charge in [-0.15, -0.1) is 10.2 Å². The molecule has 0 bridgehead atoms. The Kier molecular flexibility index (Phi) is 4.97. The molecule has 1 atom stereocenters. The van der Waals surface area contributed by atoms with Crippen molar-refractivity contribution in [1.82, 2.24) is 10.2 Å². The molecule has 1 heterocycles. The van der Waals surface area contributed by atoms with E-state index in [0.717, 1.165) is 10.0 Å². The van der Waals surface area contributed by atoms with E-state index in [2.05, 4.69) is 26.1 Å². The van der Waals surface area contributed by atoms with Gasteiger partial charge in [0.05, 0.1) is 10.6 Å². The number of rotatable bonds is 4. The lowest BCUT2D eigenvalue weighted by atomic mass is 10.2. The van der Waals surface area contributed by atoms with Crippen LogP contribution in [0.1, 0.15) is 29.3 Å². The van der Waals surface area contributed by atoms with Gasteiger partial charge in [0.2, 0.25) is 5.89 Å². The summed E-state index contributed by atoms with van der Waals surface area (Å²) in [4.78, 5) is 12.3. The second-order valence-electron chi connectivity index (χ2n) is 4.98. The first-order chi connectivity index (χ1) is 11.5. The van der Waals surface area contributed by atoms with Crippen LogP contribution in [0.25, 0.3) is 11.5 Å². The molecule has 0 saturated carbocycles. The molecule has 24 heavy (non-hydrogen) atoms. The Balaban J connectivity index is 1.75. The van der Waals surface area contributed by atoms with Gasteiger partial charge in [0.25, 0.3) is 5.89 Å². The van der Waals surface area contributed by atoms with Crippen molar-refractivity contribution in [3.8, 4) is 11.5 Å². The van der Waals surface area contributed by atoms with E-state index in [4.69, 9.17) is 20.8 Å². The van der Waals surface area contributed by atoms with E-state index in [9.17, 15) is 4.79 Å². The molecular weight excluding hydrogens is 396 g/mol. The molecule has 0 saturated heterocycles. The van der Waals surface area contributed by atoms with Crippen LogP contribution in [0, 0.1) is 0 Å². The summed E-state index contributed by atoms with van der Waals surface area (Å²) >= 11 is 9.33. The molecule has 0 unspecified atom stereocenters. The smallest absolute Gasteiger partial charge is 0.340 e. The number of hydrogen-bond acceptors (Lipinski definition) is 5. The minimum Gasteiger partial charge on any atom is -0.449 e. The second-order valence-corrected chi connectivity index (χ2v) is 6.31. The number of carbonyl (C=O) groups excluding carboxylic acids is 1. The number of hydrogen-bond donors (Lipinski definition) is 0. The minimum absolute atomic E-state index is 0.216. The van der Waals surface area contributed by atoms with Crippen molar-refractivity contribution in [2.75, 3.05) is 0 Å². The van der Waals surface area contributed by atoms with Crippen molar-refractivity contribution in [3.63, 3.8) is 0 Å². The lowest BCUT2D eigenvalue weighted by Gasteiger charge is -2.10. The van der Waals surface area contributed by atoms with Crippen LogP contribution in [-0.2, 0) is 4.74 Å². The zero-order valence-corrected chi connectivity index (χ0v) is 14.9. The standard InChI is InChI=1S/C17H12BrClN2O3/c1-10(23-17(22)13-9-12(18)7-8-14(13)19)15-20-21-16(24-15)11-5-3-2-4-6-11/h2-10H,1H3/t10-/m0/s1. The first-order valence-corrected chi connectivity index (χ1v) is 8.26. The summed E-state index contributed by atoms with van der Waals surface area (Å²) in [5.74, 6) is 0.0237. The summed E-state index contributed by atoms with van der Waals surface area (Å²) in [7, 11) is 0. The Hall–Kier alpha value is -2.18. The highest BCUT2D eigenvalue weighted by Crippen LogP contribution is 2.26. The van der Waals surface area contributed by atoms with E-state index in [0.29, 0.717) is 10.9 Å². The van der Waals surface area contributed by atoms with Crippen LogP contribution in [0.3, 0.4) is 0 Å². The fourth-order valence-corrected chi connectivity index (χ4v) is 2.58. The number of carbonyl (C=O) groups is 1. The average Bonchev–Trinajstić information content (AvgIpc) is 3.08. The molecule has 0 fully saturated rings. The quantitative estimate of drug-likeness (QED) is 0.565. The number of esters is 1. The lowest BCUT2D eigenvalue weighted by Crippen LogP contribution is -2.10. The predicted molar refractivity (Wildman–Crippen MR) is 92.7 cm³/mol. The van der Waals surface area contributed by atoms with Gasteiger partial charge in [0.1, 0.15) is 0 Å². The number of halogens is 2. The lowest BCUT2D eigenvalue weighted by molar-refractivity contribution is 0.0280. The predicted octanol–water partition coefficient (Wildman–Crippen LogP) is 5.07. The highest BCUT2D eigenvalue weighted by Gasteiger charge is 2.21. The number of aromatic nitrogens is 2. The monoisotopic (exact) mass is 406 g/mol. The van der Waals surface area contributed by atoms with Gasteiger partial charge in [-0.1, -0.05) is 45.7 Å². The van der Waals surface area contributed by atoms with Crippen molar-refractivity contribution in [3.05, 3.63) is 69.5 Å².